The second kappa shape index (κ2) is 6.08. The normalized spacial score (nSPS) is 12.0. The Morgan fingerprint density at radius 3 is 2.05 bits per heavy atom. The minimum atomic E-state index is -0.687. The van der Waals surface area contributed by atoms with Gasteiger partial charge in [-0.05, 0) is 35.4 Å². The fourth-order valence-electron chi connectivity index (χ4n) is 1.86. The van der Waals surface area contributed by atoms with Crippen LogP contribution in [0.3, 0.4) is 0 Å². The molecule has 4 heteroatoms. The highest BCUT2D eigenvalue weighted by atomic mass is 79.9. The number of benzene rings is 2. The lowest BCUT2D eigenvalue weighted by Crippen LogP contribution is -2.00. The summed E-state index contributed by atoms with van der Waals surface area (Å²) in [4.78, 5) is 0. The summed E-state index contributed by atoms with van der Waals surface area (Å²) in [6, 6.07) is 13.0. The molecule has 1 unspecified atom stereocenters. The molecule has 0 aliphatic carbocycles. The van der Waals surface area contributed by atoms with Gasteiger partial charge >= 0.3 is 0 Å². The molecule has 0 saturated heterocycles. The van der Waals surface area contributed by atoms with Gasteiger partial charge in [-0.3, -0.25) is 0 Å². The Kier molecular flexibility index (Phi) is 4.45. The highest BCUT2D eigenvalue weighted by molar-refractivity contribution is 9.10. The smallest absolute Gasteiger partial charge is 0.161 e. The van der Waals surface area contributed by atoms with E-state index in [4.69, 9.17) is 9.47 Å². The van der Waals surface area contributed by atoms with E-state index in [1.54, 1.807) is 26.4 Å². The molecular formula is C15H15BrO3. The van der Waals surface area contributed by atoms with Crippen molar-refractivity contribution in [3.8, 4) is 11.5 Å². The van der Waals surface area contributed by atoms with Crippen LogP contribution in [0.25, 0.3) is 0 Å². The predicted octanol–water partition coefficient (Wildman–Crippen LogP) is 3.55. The van der Waals surface area contributed by atoms with E-state index in [0.717, 1.165) is 15.6 Å². The van der Waals surface area contributed by atoms with E-state index in [9.17, 15) is 5.11 Å². The first kappa shape index (κ1) is 13.9. The van der Waals surface area contributed by atoms with Crippen LogP contribution in [0.5, 0.6) is 11.5 Å². The summed E-state index contributed by atoms with van der Waals surface area (Å²) < 4.78 is 11.4. The molecule has 0 saturated carbocycles. The summed E-state index contributed by atoms with van der Waals surface area (Å²) in [5.74, 6) is 1.26. The topological polar surface area (TPSA) is 38.7 Å². The summed E-state index contributed by atoms with van der Waals surface area (Å²) in [6.07, 6.45) is -0.687. The van der Waals surface area contributed by atoms with E-state index < -0.39 is 6.10 Å². The number of aliphatic hydroxyl groups is 1. The minimum absolute atomic E-state index is 0.608. The lowest BCUT2D eigenvalue weighted by atomic mass is 10.0. The summed E-state index contributed by atoms with van der Waals surface area (Å²) in [6.45, 7) is 0. The number of hydrogen-bond donors (Lipinski definition) is 1. The van der Waals surface area contributed by atoms with Gasteiger partial charge in [0.05, 0.1) is 14.2 Å². The van der Waals surface area contributed by atoms with Crippen molar-refractivity contribution in [1.82, 2.24) is 0 Å². The molecular weight excluding hydrogens is 308 g/mol. The summed E-state index contributed by atoms with van der Waals surface area (Å²) >= 11 is 3.37. The SMILES string of the molecule is COc1ccc(C(O)c2ccc(Br)cc2)cc1OC. The first-order chi connectivity index (χ1) is 9.15. The van der Waals surface area contributed by atoms with Gasteiger partial charge in [-0.25, -0.2) is 0 Å². The molecule has 0 heterocycles. The van der Waals surface area contributed by atoms with Crippen LogP contribution in [-0.4, -0.2) is 19.3 Å². The lowest BCUT2D eigenvalue weighted by molar-refractivity contribution is 0.219. The Morgan fingerprint density at radius 2 is 1.47 bits per heavy atom. The quantitative estimate of drug-likeness (QED) is 0.935. The van der Waals surface area contributed by atoms with Gasteiger partial charge in [0.15, 0.2) is 11.5 Å². The molecule has 100 valence electrons. The molecule has 19 heavy (non-hydrogen) atoms. The van der Waals surface area contributed by atoms with Crippen molar-refractivity contribution < 1.29 is 14.6 Å². The maximum Gasteiger partial charge on any atom is 0.161 e. The van der Waals surface area contributed by atoms with Crippen LogP contribution in [-0.2, 0) is 0 Å². The molecule has 1 N–H and O–H groups in total. The molecule has 0 radical (unpaired) electrons. The van der Waals surface area contributed by atoms with E-state index in [0.29, 0.717) is 11.5 Å². The number of aliphatic hydroxyl groups excluding tert-OH is 1. The van der Waals surface area contributed by atoms with Crippen LogP contribution >= 0.6 is 15.9 Å². The molecule has 1 atom stereocenters. The van der Waals surface area contributed by atoms with E-state index in [2.05, 4.69) is 15.9 Å². The maximum atomic E-state index is 10.4. The van der Waals surface area contributed by atoms with Crippen LogP contribution in [0, 0.1) is 0 Å². The highest BCUT2D eigenvalue weighted by Gasteiger charge is 2.13. The Hall–Kier alpha value is -1.52. The largest absolute Gasteiger partial charge is 0.493 e. The standard InChI is InChI=1S/C15H15BrO3/c1-18-13-8-5-11(9-14(13)19-2)15(17)10-3-6-12(16)7-4-10/h3-9,15,17H,1-2H3. The average Bonchev–Trinajstić information content (AvgIpc) is 2.46. The molecule has 0 aromatic heterocycles. The van der Waals surface area contributed by atoms with Crippen LogP contribution in [0.15, 0.2) is 46.9 Å². The molecule has 3 nitrogen and oxygen atoms in total. The van der Waals surface area contributed by atoms with E-state index >= 15 is 0 Å². The van der Waals surface area contributed by atoms with Gasteiger partial charge in [-0.15, -0.1) is 0 Å². The van der Waals surface area contributed by atoms with Crippen molar-refractivity contribution in [2.24, 2.45) is 0 Å². The third-order valence-electron chi connectivity index (χ3n) is 2.91. The number of ether oxygens (including phenoxy) is 2. The first-order valence-electron chi connectivity index (χ1n) is 5.81. The summed E-state index contributed by atoms with van der Waals surface area (Å²) in [7, 11) is 3.16. The average molecular weight is 323 g/mol. The van der Waals surface area contributed by atoms with Crippen molar-refractivity contribution in [1.29, 1.82) is 0 Å². The Balaban J connectivity index is 2.33. The van der Waals surface area contributed by atoms with Crippen molar-refractivity contribution in [3.05, 3.63) is 58.1 Å². The van der Waals surface area contributed by atoms with Gasteiger partial charge in [-0.2, -0.15) is 0 Å². The first-order valence-corrected chi connectivity index (χ1v) is 6.60. The zero-order chi connectivity index (χ0) is 13.8. The van der Waals surface area contributed by atoms with Gasteiger partial charge in [0, 0.05) is 4.47 Å². The van der Waals surface area contributed by atoms with Gasteiger partial charge in [0.2, 0.25) is 0 Å². The molecule has 0 aliphatic heterocycles. The molecule has 2 aromatic carbocycles. The number of rotatable bonds is 4. The fraction of sp³-hybridized carbons (Fsp3) is 0.200. The lowest BCUT2D eigenvalue weighted by Gasteiger charge is -2.14. The monoisotopic (exact) mass is 322 g/mol. The molecule has 2 rings (SSSR count). The molecule has 0 fully saturated rings. The summed E-state index contributed by atoms with van der Waals surface area (Å²) in [5.41, 5.74) is 1.59. The van der Waals surface area contributed by atoms with E-state index in [1.165, 1.54) is 0 Å². The van der Waals surface area contributed by atoms with Crippen molar-refractivity contribution in [3.63, 3.8) is 0 Å². The molecule has 0 spiro atoms. The van der Waals surface area contributed by atoms with Crippen LogP contribution in [0.2, 0.25) is 0 Å². The molecule has 2 aromatic rings. The molecule has 0 amide bonds. The van der Waals surface area contributed by atoms with E-state index in [-0.39, 0.29) is 0 Å². The zero-order valence-electron chi connectivity index (χ0n) is 10.8. The van der Waals surface area contributed by atoms with Crippen LogP contribution in [0.4, 0.5) is 0 Å². The van der Waals surface area contributed by atoms with Crippen molar-refractivity contribution in [2.45, 2.75) is 6.10 Å². The van der Waals surface area contributed by atoms with Gasteiger partial charge in [0.1, 0.15) is 6.10 Å². The van der Waals surface area contributed by atoms with Crippen LogP contribution in [0.1, 0.15) is 17.2 Å². The number of methoxy groups -OCH3 is 2. The van der Waals surface area contributed by atoms with Gasteiger partial charge < -0.3 is 14.6 Å². The Bertz CT molecular complexity index is 552. The minimum Gasteiger partial charge on any atom is -0.493 e. The third-order valence-corrected chi connectivity index (χ3v) is 3.44. The second-order valence-electron chi connectivity index (χ2n) is 4.07. The molecule has 0 aliphatic rings. The van der Waals surface area contributed by atoms with Gasteiger partial charge in [0.25, 0.3) is 0 Å². The predicted molar refractivity (Wildman–Crippen MR) is 77.7 cm³/mol. The van der Waals surface area contributed by atoms with Crippen molar-refractivity contribution >= 4 is 15.9 Å². The van der Waals surface area contributed by atoms with Crippen molar-refractivity contribution in [2.75, 3.05) is 14.2 Å². The molecule has 0 bridgehead atoms. The third kappa shape index (κ3) is 3.08. The highest BCUT2D eigenvalue weighted by Crippen LogP contribution is 2.32. The number of hydrogen-bond acceptors (Lipinski definition) is 3. The Morgan fingerprint density at radius 1 is 0.895 bits per heavy atom. The zero-order valence-corrected chi connectivity index (χ0v) is 12.3. The maximum absolute atomic E-state index is 10.4. The van der Waals surface area contributed by atoms with Gasteiger partial charge in [-0.1, -0.05) is 34.1 Å². The van der Waals surface area contributed by atoms with Crippen LogP contribution < -0.4 is 9.47 Å². The van der Waals surface area contributed by atoms with E-state index in [1.807, 2.05) is 30.3 Å². The fourth-order valence-corrected chi connectivity index (χ4v) is 2.12. The summed E-state index contributed by atoms with van der Waals surface area (Å²) in [5, 5.41) is 10.4. The Labute approximate surface area is 120 Å². The number of halogens is 1. The second-order valence-corrected chi connectivity index (χ2v) is 4.98.